The number of amides is 1. The predicted molar refractivity (Wildman–Crippen MR) is 143 cm³/mol. The topological polar surface area (TPSA) is 69.3 Å². The molecule has 1 atom stereocenters. The van der Waals surface area contributed by atoms with E-state index in [1.807, 2.05) is 79.0 Å². The van der Waals surface area contributed by atoms with Crippen molar-refractivity contribution < 1.29 is 14.0 Å². The van der Waals surface area contributed by atoms with Gasteiger partial charge in [0.05, 0.1) is 5.57 Å². The average molecular weight is 507 g/mol. The summed E-state index contributed by atoms with van der Waals surface area (Å²) in [5, 5.41) is 10.9. The number of para-hydroxylation sites is 1. The zero-order valence-corrected chi connectivity index (χ0v) is 21.5. The van der Waals surface area contributed by atoms with Gasteiger partial charge in [-0.15, -0.1) is 0 Å². The Morgan fingerprint density at radius 1 is 0.974 bits per heavy atom. The molecule has 0 saturated heterocycles. The summed E-state index contributed by atoms with van der Waals surface area (Å²) in [6, 6.07) is 19.5. The van der Waals surface area contributed by atoms with Crippen LogP contribution in [-0.4, -0.2) is 22.8 Å². The van der Waals surface area contributed by atoms with E-state index in [0.717, 1.165) is 0 Å². The van der Waals surface area contributed by atoms with Crippen molar-refractivity contribution in [3.05, 3.63) is 101 Å². The molecule has 2 aromatic carbocycles. The molecule has 0 bridgehead atoms. The number of fused-ring (bicyclic) bond motifs is 3. The van der Waals surface area contributed by atoms with Crippen LogP contribution in [-0.2, 0) is 15.0 Å². The molecule has 3 aromatic rings. The maximum atomic E-state index is 14.6. The van der Waals surface area contributed by atoms with E-state index in [2.05, 4.69) is 6.07 Å². The SMILES string of the molecule is CCN1C(=O)C2(C(C#N)=C(n3cccc3)N(c3ccc(F)cc3)C3=C2C(=O)CC(C)(C)C3)c2ccccc21. The molecule has 190 valence electrons. The minimum atomic E-state index is -1.57. The molecule has 1 spiro atoms. The highest BCUT2D eigenvalue weighted by molar-refractivity contribution is 6.22. The van der Waals surface area contributed by atoms with Crippen LogP contribution in [0.25, 0.3) is 5.82 Å². The Morgan fingerprint density at radius 2 is 1.66 bits per heavy atom. The Balaban J connectivity index is 1.80. The Hall–Kier alpha value is -4.44. The number of anilines is 2. The molecule has 6 nitrogen and oxygen atoms in total. The van der Waals surface area contributed by atoms with Crippen molar-refractivity contribution in [2.45, 2.75) is 39.0 Å². The van der Waals surface area contributed by atoms with Crippen LogP contribution in [0.15, 0.2) is 89.9 Å². The van der Waals surface area contributed by atoms with E-state index < -0.39 is 5.41 Å². The molecule has 0 fully saturated rings. The van der Waals surface area contributed by atoms with E-state index in [9.17, 15) is 19.2 Å². The van der Waals surface area contributed by atoms with Gasteiger partial charge in [0.1, 0.15) is 23.1 Å². The zero-order chi connectivity index (χ0) is 26.8. The molecule has 6 rings (SSSR count). The number of benzene rings is 2. The van der Waals surface area contributed by atoms with Gasteiger partial charge in [0, 0.05) is 53.6 Å². The van der Waals surface area contributed by atoms with Crippen LogP contribution < -0.4 is 9.80 Å². The smallest absolute Gasteiger partial charge is 0.247 e. The first-order valence-electron chi connectivity index (χ1n) is 12.8. The number of aromatic nitrogens is 1. The molecule has 1 aliphatic carbocycles. The molecule has 0 radical (unpaired) electrons. The fourth-order valence-electron chi connectivity index (χ4n) is 6.41. The third-order valence-electron chi connectivity index (χ3n) is 7.83. The fourth-order valence-corrected chi connectivity index (χ4v) is 6.41. The largest absolute Gasteiger partial charge is 0.311 e. The van der Waals surface area contributed by atoms with Gasteiger partial charge < -0.3 is 9.47 Å². The molecule has 2 aliphatic heterocycles. The Bertz CT molecular complexity index is 1590. The number of hydrogen-bond donors (Lipinski definition) is 0. The van der Waals surface area contributed by atoms with E-state index in [1.54, 1.807) is 17.0 Å². The van der Waals surface area contributed by atoms with Crippen molar-refractivity contribution >= 4 is 28.9 Å². The maximum Gasteiger partial charge on any atom is 0.247 e. The van der Waals surface area contributed by atoms with Crippen molar-refractivity contribution in [2.24, 2.45) is 5.41 Å². The highest BCUT2D eigenvalue weighted by Gasteiger charge is 2.63. The van der Waals surface area contributed by atoms with Crippen molar-refractivity contribution in [3.63, 3.8) is 0 Å². The molecule has 3 heterocycles. The van der Waals surface area contributed by atoms with Gasteiger partial charge in [-0.25, -0.2) is 4.39 Å². The third kappa shape index (κ3) is 3.10. The number of likely N-dealkylation sites (N-methyl/N-ethyl adjacent to an activating group) is 1. The number of hydrogen-bond acceptors (Lipinski definition) is 4. The number of halogens is 1. The van der Waals surface area contributed by atoms with Crippen LogP contribution in [0, 0.1) is 22.6 Å². The number of allylic oxidation sites excluding steroid dienone is 1. The molecular formula is C31H27FN4O2. The number of Topliss-reactive ketones (excluding diaryl/α,β-unsaturated/α-hetero) is 1. The summed E-state index contributed by atoms with van der Waals surface area (Å²) in [6.07, 6.45) is 4.39. The molecule has 38 heavy (non-hydrogen) atoms. The van der Waals surface area contributed by atoms with Crippen LogP contribution in [0.4, 0.5) is 15.8 Å². The lowest BCUT2D eigenvalue weighted by Crippen LogP contribution is -2.53. The zero-order valence-electron chi connectivity index (χ0n) is 21.5. The van der Waals surface area contributed by atoms with Crippen molar-refractivity contribution in [1.29, 1.82) is 5.26 Å². The van der Waals surface area contributed by atoms with Gasteiger partial charge in [-0.05, 0) is 61.2 Å². The van der Waals surface area contributed by atoms with E-state index >= 15 is 0 Å². The standard InChI is InChI=1S/C31H27FN4O2/c1-4-35-24-10-6-5-9-22(24)31(29(35)38)23(19-33)28(34-15-7-8-16-34)36(21-13-11-20(32)12-14-21)25-17-30(2,3)18-26(37)27(25)31/h5-16H,4,17-18H2,1-3H3. The predicted octanol–water partition coefficient (Wildman–Crippen LogP) is 5.79. The summed E-state index contributed by atoms with van der Waals surface area (Å²) in [6.45, 7) is 6.36. The quantitative estimate of drug-likeness (QED) is 0.451. The minimum absolute atomic E-state index is 0.149. The summed E-state index contributed by atoms with van der Waals surface area (Å²) in [5.74, 6) is -0.359. The van der Waals surface area contributed by atoms with Crippen LogP contribution in [0.3, 0.4) is 0 Å². The number of carbonyl (C=O) groups excluding carboxylic acids is 2. The Kier molecular flexibility index (Phi) is 5.22. The van der Waals surface area contributed by atoms with Crippen LogP contribution >= 0.6 is 0 Å². The molecule has 1 unspecified atom stereocenters. The second-order valence-electron chi connectivity index (χ2n) is 10.8. The molecule has 0 saturated carbocycles. The molecule has 7 heteroatoms. The van der Waals surface area contributed by atoms with Crippen molar-refractivity contribution in [2.75, 3.05) is 16.3 Å². The van der Waals surface area contributed by atoms with E-state index in [1.165, 1.54) is 12.1 Å². The Labute approximate surface area is 220 Å². The summed E-state index contributed by atoms with van der Waals surface area (Å²) in [4.78, 5) is 32.3. The second-order valence-corrected chi connectivity index (χ2v) is 10.8. The molecule has 1 amide bonds. The average Bonchev–Trinajstić information content (AvgIpc) is 3.50. The summed E-state index contributed by atoms with van der Waals surface area (Å²) >= 11 is 0. The van der Waals surface area contributed by atoms with Gasteiger partial charge in [-0.2, -0.15) is 5.26 Å². The van der Waals surface area contributed by atoms with Crippen LogP contribution in [0.2, 0.25) is 0 Å². The molecule has 0 N–H and O–H groups in total. The van der Waals surface area contributed by atoms with E-state index in [0.29, 0.717) is 47.0 Å². The van der Waals surface area contributed by atoms with Gasteiger partial charge in [0.25, 0.3) is 0 Å². The van der Waals surface area contributed by atoms with Crippen molar-refractivity contribution in [3.8, 4) is 6.07 Å². The molecule has 3 aliphatic rings. The first-order valence-corrected chi connectivity index (χ1v) is 12.8. The monoisotopic (exact) mass is 506 g/mol. The minimum Gasteiger partial charge on any atom is -0.311 e. The second kappa shape index (κ2) is 8.29. The third-order valence-corrected chi connectivity index (χ3v) is 7.83. The lowest BCUT2D eigenvalue weighted by molar-refractivity contribution is -0.125. The van der Waals surface area contributed by atoms with Gasteiger partial charge in [-0.3, -0.25) is 14.5 Å². The van der Waals surface area contributed by atoms with E-state index in [4.69, 9.17) is 0 Å². The number of rotatable bonds is 3. The van der Waals surface area contributed by atoms with Gasteiger partial charge in [0.2, 0.25) is 5.91 Å². The molecular weight excluding hydrogens is 479 g/mol. The Morgan fingerprint density at radius 3 is 2.32 bits per heavy atom. The van der Waals surface area contributed by atoms with Gasteiger partial charge in [0.15, 0.2) is 5.78 Å². The lowest BCUT2D eigenvalue weighted by Gasteiger charge is -2.47. The van der Waals surface area contributed by atoms with Crippen molar-refractivity contribution in [1.82, 2.24) is 4.57 Å². The highest BCUT2D eigenvalue weighted by Crippen LogP contribution is 2.59. The van der Waals surface area contributed by atoms with Gasteiger partial charge in [-0.1, -0.05) is 32.0 Å². The number of ketones is 1. The summed E-state index contributed by atoms with van der Waals surface area (Å²) < 4.78 is 15.8. The van der Waals surface area contributed by atoms with E-state index in [-0.39, 0.29) is 34.9 Å². The number of nitrogens with zero attached hydrogens (tertiary/aromatic N) is 4. The lowest BCUT2D eigenvalue weighted by atomic mass is 9.60. The first-order chi connectivity index (χ1) is 18.2. The maximum absolute atomic E-state index is 14.6. The van der Waals surface area contributed by atoms with Crippen LogP contribution in [0.1, 0.15) is 39.2 Å². The van der Waals surface area contributed by atoms with Gasteiger partial charge >= 0.3 is 0 Å². The fraction of sp³-hybridized carbons (Fsp3) is 0.258. The highest BCUT2D eigenvalue weighted by atomic mass is 19.1. The first kappa shape index (κ1) is 23.9. The summed E-state index contributed by atoms with van der Waals surface area (Å²) in [7, 11) is 0. The normalized spacial score (nSPS) is 22.2. The summed E-state index contributed by atoms with van der Waals surface area (Å²) in [5.41, 5.74) is 1.21. The number of nitriles is 1. The molecule has 1 aromatic heterocycles. The van der Waals surface area contributed by atoms with Crippen LogP contribution in [0.5, 0.6) is 0 Å². The number of carbonyl (C=O) groups is 2.